The summed E-state index contributed by atoms with van der Waals surface area (Å²) in [4.78, 5) is 13.6. The zero-order valence-corrected chi connectivity index (χ0v) is 13.6. The van der Waals surface area contributed by atoms with Crippen LogP contribution in [-0.2, 0) is 4.74 Å². The van der Waals surface area contributed by atoms with E-state index in [0.717, 1.165) is 0 Å². The number of anilines is 1. The molecule has 0 amide bonds. The van der Waals surface area contributed by atoms with Gasteiger partial charge in [0.1, 0.15) is 30.2 Å². The lowest BCUT2D eigenvalue weighted by Gasteiger charge is -2.16. The van der Waals surface area contributed by atoms with Gasteiger partial charge in [0.15, 0.2) is 17.7 Å². The van der Waals surface area contributed by atoms with Gasteiger partial charge in [0.25, 0.3) is 0 Å². The second-order valence-electron chi connectivity index (χ2n) is 4.51. The fourth-order valence-electron chi connectivity index (χ4n) is 2.24. The van der Waals surface area contributed by atoms with Crippen molar-refractivity contribution in [2.75, 3.05) is 5.73 Å². The Kier molecular flexibility index (Phi) is 3.97. The number of aromatic nitrogens is 4. The quantitative estimate of drug-likeness (QED) is 0.652. The molecule has 8 nitrogen and oxygen atoms in total. The lowest BCUT2D eigenvalue weighted by atomic mass is 10.1. The minimum absolute atomic E-state index is 0.241. The number of aliphatic hydroxyl groups is 2. The van der Waals surface area contributed by atoms with Crippen LogP contribution in [0.25, 0.3) is 11.2 Å². The lowest BCUT2D eigenvalue weighted by Crippen LogP contribution is -2.31. The number of ether oxygens (including phenoxy) is 1. The molecule has 3 heterocycles. The van der Waals surface area contributed by atoms with Gasteiger partial charge in [-0.1, -0.05) is 31.9 Å². The van der Waals surface area contributed by atoms with E-state index in [2.05, 4.69) is 46.8 Å². The van der Waals surface area contributed by atoms with Crippen LogP contribution in [0.5, 0.6) is 0 Å². The molecule has 3 rings (SSSR count). The van der Waals surface area contributed by atoms with Crippen molar-refractivity contribution in [3.8, 4) is 0 Å². The molecule has 1 aliphatic rings. The summed E-state index contributed by atoms with van der Waals surface area (Å²) < 4.78 is 7.81. The SMILES string of the molecule is Nc1ncnc2c1ncn2C1O[C@H](/C(Br)=C\Br)[C@@H](O)[C@H]1O. The number of hydrogen-bond acceptors (Lipinski definition) is 7. The molecular weight excluding hydrogens is 410 g/mol. The third kappa shape index (κ3) is 2.36. The summed E-state index contributed by atoms with van der Waals surface area (Å²) in [5.74, 6) is 0.241. The molecule has 1 saturated heterocycles. The summed E-state index contributed by atoms with van der Waals surface area (Å²) in [6.45, 7) is 0. The molecule has 10 heteroatoms. The molecule has 1 aliphatic heterocycles. The highest BCUT2D eigenvalue weighted by atomic mass is 79.9. The molecule has 4 atom stereocenters. The molecule has 0 radical (unpaired) electrons. The first-order chi connectivity index (χ1) is 10.0. The van der Waals surface area contributed by atoms with Gasteiger partial charge in [0, 0.05) is 4.48 Å². The first-order valence-corrected chi connectivity index (χ1v) is 7.66. The predicted octanol–water partition coefficient (Wildman–Crippen LogP) is 0.659. The molecule has 0 bridgehead atoms. The van der Waals surface area contributed by atoms with Crippen LogP contribution in [0.4, 0.5) is 5.82 Å². The second kappa shape index (κ2) is 5.61. The number of imidazole rings is 1. The van der Waals surface area contributed by atoms with Crippen molar-refractivity contribution in [1.82, 2.24) is 19.5 Å². The number of aliphatic hydroxyl groups excluding tert-OH is 2. The number of rotatable bonds is 2. The zero-order valence-electron chi connectivity index (χ0n) is 10.5. The number of halogens is 2. The standard InChI is InChI=1S/C11H11Br2N5O3/c12-1-4(13)8-6(19)7(20)11(21-8)18-3-17-5-9(14)15-2-16-10(5)18/h1-3,6-8,11,19-20H,(H2,14,15,16)/b4-1+/t6-,7+,8+,11?/m0/s1. The van der Waals surface area contributed by atoms with Gasteiger partial charge in [0.05, 0.1) is 6.33 Å². The summed E-state index contributed by atoms with van der Waals surface area (Å²) >= 11 is 6.42. The molecule has 21 heavy (non-hydrogen) atoms. The van der Waals surface area contributed by atoms with E-state index in [0.29, 0.717) is 15.6 Å². The van der Waals surface area contributed by atoms with Gasteiger partial charge in [-0.3, -0.25) is 4.57 Å². The Bertz CT molecular complexity index is 706. The third-order valence-corrected chi connectivity index (χ3v) is 5.06. The van der Waals surface area contributed by atoms with Crippen LogP contribution in [0.15, 0.2) is 22.1 Å². The molecule has 2 aromatic rings. The third-order valence-electron chi connectivity index (χ3n) is 3.28. The van der Waals surface area contributed by atoms with Crippen molar-refractivity contribution in [3.63, 3.8) is 0 Å². The van der Waals surface area contributed by atoms with Crippen molar-refractivity contribution in [2.24, 2.45) is 0 Å². The average Bonchev–Trinajstić information content (AvgIpc) is 3.02. The summed E-state index contributed by atoms with van der Waals surface area (Å²) in [7, 11) is 0. The Morgan fingerprint density at radius 2 is 2.10 bits per heavy atom. The molecule has 2 aromatic heterocycles. The van der Waals surface area contributed by atoms with Crippen LogP contribution in [0.2, 0.25) is 0 Å². The van der Waals surface area contributed by atoms with Gasteiger partial charge < -0.3 is 20.7 Å². The number of nitrogens with zero attached hydrogens (tertiary/aromatic N) is 4. The van der Waals surface area contributed by atoms with Crippen LogP contribution in [-0.4, -0.2) is 48.0 Å². The van der Waals surface area contributed by atoms with Gasteiger partial charge in [-0.25, -0.2) is 15.0 Å². The molecule has 1 fully saturated rings. The van der Waals surface area contributed by atoms with E-state index in [1.54, 1.807) is 4.99 Å². The van der Waals surface area contributed by atoms with E-state index in [4.69, 9.17) is 10.5 Å². The molecule has 112 valence electrons. The second-order valence-corrected chi connectivity index (χ2v) is 5.88. The molecule has 0 spiro atoms. The highest BCUT2D eigenvalue weighted by Crippen LogP contribution is 2.36. The maximum Gasteiger partial charge on any atom is 0.167 e. The number of fused-ring (bicyclic) bond motifs is 1. The Hall–Kier alpha value is -1.07. The van der Waals surface area contributed by atoms with Gasteiger partial charge in [-0.05, 0) is 4.99 Å². The van der Waals surface area contributed by atoms with Gasteiger partial charge in [-0.15, -0.1) is 0 Å². The first-order valence-electron chi connectivity index (χ1n) is 5.95. The largest absolute Gasteiger partial charge is 0.387 e. The lowest BCUT2D eigenvalue weighted by molar-refractivity contribution is -0.0249. The summed E-state index contributed by atoms with van der Waals surface area (Å²) in [6, 6.07) is 0. The normalized spacial score (nSPS) is 30.2. The highest BCUT2D eigenvalue weighted by Gasteiger charge is 2.45. The van der Waals surface area contributed by atoms with Crippen LogP contribution in [0, 0.1) is 0 Å². The van der Waals surface area contributed by atoms with E-state index in [9.17, 15) is 10.2 Å². The molecule has 1 unspecified atom stereocenters. The smallest absolute Gasteiger partial charge is 0.167 e. The van der Waals surface area contributed by atoms with Gasteiger partial charge in [-0.2, -0.15) is 0 Å². The minimum atomic E-state index is -1.14. The minimum Gasteiger partial charge on any atom is -0.387 e. The topological polar surface area (TPSA) is 119 Å². The summed E-state index contributed by atoms with van der Waals surface area (Å²) in [5.41, 5.74) is 6.57. The van der Waals surface area contributed by atoms with Crippen LogP contribution < -0.4 is 5.73 Å². The number of hydrogen-bond donors (Lipinski definition) is 3. The van der Waals surface area contributed by atoms with Crippen LogP contribution in [0.1, 0.15) is 6.23 Å². The Balaban J connectivity index is 2.02. The van der Waals surface area contributed by atoms with E-state index < -0.39 is 24.5 Å². The molecule has 0 saturated carbocycles. The molecular formula is C11H11Br2N5O3. The van der Waals surface area contributed by atoms with Crippen LogP contribution >= 0.6 is 31.9 Å². The Morgan fingerprint density at radius 1 is 1.33 bits per heavy atom. The Labute approximate surface area is 135 Å². The molecule has 0 aromatic carbocycles. The van der Waals surface area contributed by atoms with Gasteiger partial charge >= 0.3 is 0 Å². The number of nitrogens with two attached hydrogens (primary N) is 1. The van der Waals surface area contributed by atoms with Gasteiger partial charge in [0.2, 0.25) is 0 Å². The van der Waals surface area contributed by atoms with E-state index >= 15 is 0 Å². The monoisotopic (exact) mass is 419 g/mol. The summed E-state index contributed by atoms with van der Waals surface area (Å²) in [6.07, 6.45) is -0.993. The van der Waals surface area contributed by atoms with Crippen molar-refractivity contribution in [3.05, 3.63) is 22.1 Å². The Morgan fingerprint density at radius 3 is 2.81 bits per heavy atom. The predicted molar refractivity (Wildman–Crippen MR) is 81.6 cm³/mol. The average molecular weight is 421 g/mol. The van der Waals surface area contributed by atoms with Crippen molar-refractivity contribution in [2.45, 2.75) is 24.5 Å². The number of nitrogen functional groups attached to an aromatic ring is 1. The van der Waals surface area contributed by atoms with Crippen LogP contribution in [0.3, 0.4) is 0 Å². The fraction of sp³-hybridized carbons (Fsp3) is 0.364. The van der Waals surface area contributed by atoms with Crippen molar-refractivity contribution in [1.29, 1.82) is 0 Å². The summed E-state index contributed by atoms with van der Waals surface area (Å²) in [5, 5.41) is 20.3. The first kappa shape index (κ1) is 14.9. The van der Waals surface area contributed by atoms with E-state index in [1.165, 1.54) is 17.2 Å². The highest BCUT2D eigenvalue weighted by molar-refractivity contribution is 9.14. The maximum atomic E-state index is 10.2. The molecule has 0 aliphatic carbocycles. The fourth-order valence-corrected chi connectivity index (χ4v) is 2.87. The molecule has 4 N–H and O–H groups in total. The van der Waals surface area contributed by atoms with Crippen molar-refractivity contribution < 1.29 is 14.9 Å². The van der Waals surface area contributed by atoms with E-state index in [1.807, 2.05) is 0 Å². The van der Waals surface area contributed by atoms with E-state index in [-0.39, 0.29) is 5.82 Å². The zero-order chi connectivity index (χ0) is 15.1. The van der Waals surface area contributed by atoms with Crippen molar-refractivity contribution >= 4 is 48.8 Å². The maximum absolute atomic E-state index is 10.2.